The van der Waals surface area contributed by atoms with Gasteiger partial charge in [-0.3, -0.25) is 0 Å². The second kappa shape index (κ2) is 6.41. The predicted octanol–water partition coefficient (Wildman–Crippen LogP) is 4.95. The first-order valence-corrected chi connectivity index (χ1v) is 9.57. The number of ether oxygens (including phenoxy) is 2. The van der Waals surface area contributed by atoms with E-state index < -0.39 is 28.3 Å². The maximum absolute atomic E-state index is 13.1. The van der Waals surface area contributed by atoms with Crippen molar-refractivity contribution in [3.63, 3.8) is 0 Å². The van der Waals surface area contributed by atoms with Crippen LogP contribution in [0.1, 0.15) is 55.9 Å². The Balaban J connectivity index is 1.82. The fourth-order valence-electron chi connectivity index (χ4n) is 3.70. The van der Waals surface area contributed by atoms with Gasteiger partial charge in [0, 0.05) is 23.9 Å². The summed E-state index contributed by atoms with van der Waals surface area (Å²) < 4.78 is 50.9. The number of fused-ring (bicyclic) bond motifs is 2. The third-order valence-corrected chi connectivity index (χ3v) is 6.20. The van der Waals surface area contributed by atoms with Crippen molar-refractivity contribution in [2.24, 2.45) is 0 Å². The largest absolute Gasteiger partial charge is 0.444 e. The minimum Gasteiger partial charge on any atom is -0.444 e. The number of thiophene rings is 1. The Morgan fingerprint density at radius 1 is 1.38 bits per heavy atom. The van der Waals surface area contributed by atoms with E-state index >= 15 is 0 Å². The minimum atomic E-state index is -4.34. The third-order valence-electron chi connectivity index (χ3n) is 4.79. The van der Waals surface area contributed by atoms with Gasteiger partial charge in [0.25, 0.3) is 0 Å². The summed E-state index contributed by atoms with van der Waals surface area (Å²) in [5, 5.41) is 0. The van der Waals surface area contributed by atoms with Gasteiger partial charge < -0.3 is 14.4 Å². The number of carbonyl (C=O) groups is 1. The van der Waals surface area contributed by atoms with E-state index in [1.54, 1.807) is 4.90 Å². The second-order valence-electron chi connectivity index (χ2n) is 8.03. The van der Waals surface area contributed by atoms with Crippen LogP contribution in [-0.4, -0.2) is 35.8 Å². The lowest BCUT2D eigenvalue weighted by molar-refractivity contribution is -0.134. The number of rotatable bonds is 0. The van der Waals surface area contributed by atoms with Crippen molar-refractivity contribution in [3.8, 4) is 0 Å². The zero-order valence-corrected chi connectivity index (χ0v) is 16.2. The molecular weight excluding hydrogens is 367 g/mol. The second-order valence-corrected chi connectivity index (χ2v) is 9.08. The highest BCUT2D eigenvalue weighted by Gasteiger charge is 2.48. The summed E-state index contributed by atoms with van der Waals surface area (Å²) in [5.74, 6) is 0. The van der Waals surface area contributed by atoms with E-state index in [9.17, 15) is 18.0 Å². The molecular formula is C18H24F3NO3S. The van der Waals surface area contributed by atoms with E-state index in [4.69, 9.17) is 9.47 Å². The minimum absolute atomic E-state index is 0.180. The first-order chi connectivity index (χ1) is 11.9. The molecule has 0 aliphatic carbocycles. The van der Waals surface area contributed by atoms with Gasteiger partial charge in [-0.2, -0.15) is 13.2 Å². The maximum Gasteiger partial charge on any atom is 0.425 e. The molecule has 3 heterocycles. The van der Waals surface area contributed by atoms with Gasteiger partial charge in [0.2, 0.25) is 0 Å². The Kier molecular flexibility index (Phi) is 4.80. The topological polar surface area (TPSA) is 38.8 Å². The SMILES string of the molecule is C[C@H]1CC2(CCN1C(=O)OC(C)(C)C)OCCc1cc(C(F)(F)F)sc12. The number of hydrogen-bond acceptors (Lipinski definition) is 4. The number of halogens is 3. The molecule has 4 nitrogen and oxygen atoms in total. The van der Waals surface area contributed by atoms with Crippen LogP contribution in [0.5, 0.6) is 0 Å². The lowest BCUT2D eigenvalue weighted by Crippen LogP contribution is -2.53. The Bertz CT molecular complexity index is 695. The summed E-state index contributed by atoms with van der Waals surface area (Å²) in [6.45, 7) is 8.11. The molecule has 0 radical (unpaired) electrons. The molecule has 3 rings (SSSR count). The summed E-state index contributed by atoms with van der Waals surface area (Å²) in [5.41, 5.74) is -0.596. The van der Waals surface area contributed by atoms with Crippen LogP contribution < -0.4 is 0 Å². The monoisotopic (exact) mass is 391 g/mol. The van der Waals surface area contributed by atoms with Gasteiger partial charge in [-0.1, -0.05) is 0 Å². The van der Waals surface area contributed by atoms with Crippen LogP contribution >= 0.6 is 11.3 Å². The molecule has 0 bridgehead atoms. The highest BCUT2D eigenvalue weighted by molar-refractivity contribution is 7.12. The molecule has 0 aromatic carbocycles. The number of carbonyl (C=O) groups excluding carboxylic acids is 1. The van der Waals surface area contributed by atoms with Crippen LogP contribution in [-0.2, 0) is 27.7 Å². The highest BCUT2D eigenvalue weighted by Crippen LogP contribution is 2.49. The van der Waals surface area contributed by atoms with E-state index in [0.717, 1.165) is 16.9 Å². The van der Waals surface area contributed by atoms with Crippen molar-refractivity contribution in [1.29, 1.82) is 0 Å². The van der Waals surface area contributed by atoms with Crippen LogP contribution in [0.2, 0.25) is 0 Å². The van der Waals surface area contributed by atoms with E-state index in [-0.39, 0.29) is 6.04 Å². The summed E-state index contributed by atoms with van der Waals surface area (Å²) in [7, 11) is 0. The number of nitrogens with zero attached hydrogens (tertiary/aromatic N) is 1. The lowest BCUT2D eigenvalue weighted by Gasteiger charge is -2.46. The molecule has 1 fully saturated rings. The first-order valence-electron chi connectivity index (χ1n) is 8.75. The van der Waals surface area contributed by atoms with Gasteiger partial charge in [0.05, 0.1) is 6.61 Å². The lowest BCUT2D eigenvalue weighted by atomic mass is 9.82. The van der Waals surface area contributed by atoms with E-state index in [1.165, 1.54) is 6.07 Å². The molecule has 26 heavy (non-hydrogen) atoms. The summed E-state index contributed by atoms with van der Waals surface area (Å²) in [6.07, 6.45) is -3.30. The van der Waals surface area contributed by atoms with Crippen molar-refractivity contribution >= 4 is 17.4 Å². The zero-order chi connectivity index (χ0) is 19.3. The van der Waals surface area contributed by atoms with Gasteiger partial charge in [-0.25, -0.2) is 4.79 Å². The molecule has 0 saturated carbocycles. The Labute approximate surface area is 155 Å². The van der Waals surface area contributed by atoms with Crippen LogP contribution in [0.15, 0.2) is 6.07 Å². The summed E-state index contributed by atoms with van der Waals surface area (Å²) >= 11 is 0.785. The smallest absolute Gasteiger partial charge is 0.425 e. The number of piperidine rings is 1. The molecule has 146 valence electrons. The predicted molar refractivity (Wildman–Crippen MR) is 92.3 cm³/mol. The van der Waals surface area contributed by atoms with E-state index in [1.807, 2.05) is 27.7 Å². The van der Waals surface area contributed by atoms with Crippen molar-refractivity contribution in [3.05, 3.63) is 21.4 Å². The standard InChI is InChI=1S/C18H24F3NO3S/c1-11-10-17(6-7-22(11)15(23)25-16(2,3)4)14-12(5-8-24-17)9-13(26-14)18(19,20)21/h9,11H,5-8,10H2,1-4H3/t11-,17?/m0/s1. The number of amides is 1. The average molecular weight is 391 g/mol. The number of hydrogen-bond donors (Lipinski definition) is 0. The molecule has 2 atom stereocenters. The van der Waals surface area contributed by atoms with Gasteiger partial charge in [0.15, 0.2) is 0 Å². The molecule has 1 aromatic rings. The molecule has 1 amide bonds. The summed E-state index contributed by atoms with van der Waals surface area (Å²) in [4.78, 5) is 14.1. The van der Waals surface area contributed by atoms with Gasteiger partial charge in [-0.15, -0.1) is 11.3 Å². The van der Waals surface area contributed by atoms with Crippen LogP contribution in [0, 0.1) is 0 Å². The van der Waals surface area contributed by atoms with Crippen LogP contribution in [0.3, 0.4) is 0 Å². The maximum atomic E-state index is 13.1. The van der Waals surface area contributed by atoms with Crippen LogP contribution in [0.4, 0.5) is 18.0 Å². The third kappa shape index (κ3) is 3.71. The van der Waals surface area contributed by atoms with Crippen LogP contribution in [0.25, 0.3) is 0 Å². The normalized spacial score (nSPS) is 26.7. The average Bonchev–Trinajstić information content (AvgIpc) is 2.91. The van der Waals surface area contributed by atoms with Crippen molar-refractivity contribution in [2.75, 3.05) is 13.2 Å². The number of alkyl halides is 3. The fraction of sp³-hybridized carbons (Fsp3) is 0.722. The van der Waals surface area contributed by atoms with Crippen molar-refractivity contribution in [1.82, 2.24) is 4.90 Å². The number of likely N-dealkylation sites (tertiary alicyclic amines) is 1. The molecule has 1 spiro atoms. The highest BCUT2D eigenvalue weighted by atomic mass is 32.1. The Hall–Kier alpha value is -1.28. The van der Waals surface area contributed by atoms with E-state index in [2.05, 4.69) is 0 Å². The zero-order valence-electron chi connectivity index (χ0n) is 15.4. The first kappa shape index (κ1) is 19.5. The molecule has 2 aliphatic rings. The molecule has 2 aliphatic heterocycles. The van der Waals surface area contributed by atoms with Gasteiger partial charge >= 0.3 is 12.3 Å². The quantitative estimate of drug-likeness (QED) is 0.628. The molecule has 1 aromatic heterocycles. The molecule has 1 unspecified atom stereocenters. The Morgan fingerprint density at radius 3 is 2.65 bits per heavy atom. The fourth-order valence-corrected chi connectivity index (χ4v) is 4.96. The molecule has 0 N–H and O–H groups in total. The van der Waals surface area contributed by atoms with Crippen molar-refractivity contribution in [2.45, 2.75) is 70.4 Å². The van der Waals surface area contributed by atoms with Gasteiger partial charge in [-0.05, 0) is 52.2 Å². The van der Waals surface area contributed by atoms with E-state index in [0.29, 0.717) is 37.3 Å². The molecule has 1 saturated heterocycles. The molecule has 8 heteroatoms. The van der Waals surface area contributed by atoms with Gasteiger partial charge in [0.1, 0.15) is 16.1 Å². The van der Waals surface area contributed by atoms with Crippen molar-refractivity contribution < 1.29 is 27.4 Å². The Morgan fingerprint density at radius 2 is 2.08 bits per heavy atom. The summed E-state index contributed by atoms with van der Waals surface area (Å²) in [6, 6.07) is 1.08.